The number of carbonyl (C=O) groups excluding carboxylic acids is 2. The Morgan fingerprint density at radius 2 is 1.94 bits per heavy atom. The summed E-state index contributed by atoms with van der Waals surface area (Å²) >= 11 is 0. The zero-order chi connectivity index (χ0) is 22.6. The van der Waals surface area contributed by atoms with Crippen molar-refractivity contribution in [3.05, 3.63) is 65.6 Å². The number of likely N-dealkylation sites (N-methyl/N-ethyl adjacent to an activating group) is 1. The molecule has 1 heterocycles. The Morgan fingerprint density at radius 3 is 2.58 bits per heavy atom. The number of aromatic nitrogens is 2. The average Bonchev–Trinajstić information content (AvgIpc) is 2.73. The van der Waals surface area contributed by atoms with Crippen molar-refractivity contribution in [3.63, 3.8) is 0 Å². The van der Waals surface area contributed by atoms with E-state index in [1.807, 2.05) is 0 Å². The van der Waals surface area contributed by atoms with Gasteiger partial charge in [0.2, 0.25) is 11.7 Å². The number of Topliss-reactive ketones (excluding diaryl/α,β-unsaturated/α-hetero) is 1. The summed E-state index contributed by atoms with van der Waals surface area (Å²) in [5, 5.41) is 4.93. The van der Waals surface area contributed by atoms with Gasteiger partial charge in [0, 0.05) is 24.4 Å². The molecular formula is C20H15F4N5O2. The molecule has 0 atom stereocenters. The number of hydrogen-bond acceptors (Lipinski definition) is 6. The molecule has 31 heavy (non-hydrogen) atoms. The van der Waals surface area contributed by atoms with Crippen molar-refractivity contribution in [1.29, 1.82) is 0 Å². The molecule has 1 amide bonds. The zero-order valence-electron chi connectivity index (χ0n) is 16.0. The fourth-order valence-electron chi connectivity index (χ4n) is 2.56. The van der Waals surface area contributed by atoms with E-state index in [0.29, 0.717) is 0 Å². The highest BCUT2D eigenvalue weighted by atomic mass is 19.4. The van der Waals surface area contributed by atoms with Gasteiger partial charge in [-0.1, -0.05) is 6.08 Å². The van der Waals surface area contributed by atoms with Crippen molar-refractivity contribution in [2.45, 2.75) is 12.6 Å². The molecule has 0 aliphatic heterocycles. The highest BCUT2D eigenvalue weighted by Crippen LogP contribution is 2.30. The van der Waals surface area contributed by atoms with E-state index in [1.165, 1.54) is 13.1 Å². The van der Waals surface area contributed by atoms with Crippen LogP contribution in [0.25, 0.3) is 0 Å². The van der Waals surface area contributed by atoms with E-state index in [1.54, 1.807) is 6.08 Å². The minimum Gasteiger partial charge on any atom is -0.356 e. The lowest BCUT2D eigenvalue weighted by Gasteiger charge is -2.11. The van der Waals surface area contributed by atoms with Gasteiger partial charge >= 0.3 is 6.18 Å². The molecule has 0 radical (unpaired) electrons. The Balaban J connectivity index is 1.85. The number of benzene rings is 1. The van der Waals surface area contributed by atoms with Crippen molar-refractivity contribution in [3.8, 4) is 0 Å². The molecule has 0 fully saturated rings. The van der Waals surface area contributed by atoms with Gasteiger partial charge in [-0.15, -0.1) is 0 Å². The van der Waals surface area contributed by atoms with Crippen molar-refractivity contribution < 1.29 is 27.2 Å². The van der Waals surface area contributed by atoms with Crippen molar-refractivity contribution in [1.82, 2.24) is 15.3 Å². The summed E-state index contributed by atoms with van der Waals surface area (Å²) in [7, 11) is 1.43. The number of nitrogens with zero attached hydrogens (tertiary/aromatic N) is 3. The number of aliphatic imine (C=N–C) groups is 1. The molecule has 7 nitrogen and oxygen atoms in total. The standard InChI is InChI=1S/C20H15F4N5O2/c1-25-16(30)9-11-3-2-4-15(17(11)31)28-19-26-10-14(21)18(29-19)27-13-7-5-12(6-8-13)20(22,23)24/h2,4-10H,3H2,1H3,(H,25,30)(H,26,27,29). The van der Waals surface area contributed by atoms with E-state index >= 15 is 0 Å². The van der Waals surface area contributed by atoms with Crippen LogP contribution in [0.2, 0.25) is 0 Å². The summed E-state index contributed by atoms with van der Waals surface area (Å²) in [6.07, 6.45) is 0.782. The van der Waals surface area contributed by atoms with Gasteiger partial charge < -0.3 is 10.6 Å². The van der Waals surface area contributed by atoms with Crippen LogP contribution in [-0.4, -0.2) is 34.4 Å². The predicted molar refractivity (Wildman–Crippen MR) is 105 cm³/mol. The van der Waals surface area contributed by atoms with Crippen LogP contribution in [0.5, 0.6) is 0 Å². The topological polar surface area (TPSA) is 96.3 Å². The fraction of sp³-hybridized carbons (Fsp3) is 0.150. The van der Waals surface area contributed by atoms with Crippen molar-refractivity contribution in [2.75, 3.05) is 12.4 Å². The van der Waals surface area contributed by atoms with Gasteiger partial charge in [0.1, 0.15) is 5.71 Å². The zero-order valence-corrected chi connectivity index (χ0v) is 16.0. The molecule has 11 heteroatoms. The monoisotopic (exact) mass is 433 g/mol. The first-order valence-electron chi connectivity index (χ1n) is 8.86. The number of allylic oxidation sites excluding steroid dienone is 3. The molecule has 0 saturated heterocycles. The van der Waals surface area contributed by atoms with E-state index in [2.05, 4.69) is 25.6 Å². The molecule has 0 spiro atoms. The molecule has 1 aromatic heterocycles. The quantitative estimate of drug-likeness (QED) is 0.567. The first-order valence-corrected chi connectivity index (χ1v) is 8.86. The summed E-state index contributed by atoms with van der Waals surface area (Å²) in [5.74, 6) is -2.39. The third-order valence-corrected chi connectivity index (χ3v) is 4.12. The SMILES string of the molecule is CNC(=O)C=C1CC=CC(=Nc2ncc(F)c(Nc3ccc(C(F)(F)F)cc3)n2)C1=O. The van der Waals surface area contributed by atoms with Gasteiger partial charge in [-0.2, -0.15) is 18.2 Å². The maximum atomic E-state index is 14.1. The third kappa shape index (κ3) is 5.38. The predicted octanol–water partition coefficient (Wildman–Crippen LogP) is 3.65. The van der Waals surface area contributed by atoms with Crippen LogP contribution < -0.4 is 10.6 Å². The number of ketones is 1. The molecule has 1 aliphatic carbocycles. The molecule has 2 aromatic rings. The maximum absolute atomic E-state index is 14.1. The van der Waals surface area contributed by atoms with Gasteiger partial charge in [-0.3, -0.25) is 9.59 Å². The Hall–Kier alpha value is -3.89. The van der Waals surface area contributed by atoms with Crippen molar-refractivity contribution >= 4 is 34.9 Å². The smallest absolute Gasteiger partial charge is 0.356 e. The van der Waals surface area contributed by atoms with Gasteiger partial charge in [-0.25, -0.2) is 14.4 Å². The summed E-state index contributed by atoms with van der Waals surface area (Å²) in [6, 6.07) is 3.93. The van der Waals surface area contributed by atoms with E-state index in [4.69, 9.17) is 0 Å². The lowest BCUT2D eigenvalue weighted by Crippen LogP contribution is -2.22. The number of halogens is 4. The number of alkyl halides is 3. The van der Waals surface area contributed by atoms with Gasteiger partial charge in [-0.05, 0) is 36.8 Å². The number of rotatable bonds is 4. The highest BCUT2D eigenvalue weighted by Gasteiger charge is 2.30. The van der Waals surface area contributed by atoms with Gasteiger partial charge in [0.05, 0.1) is 11.8 Å². The second-order valence-electron chi connectivity index (χ2n) is 6.28. The molecule has 1 aromatic carbocycles. The Kier molecular flexibility index (Phi) is 6.23. The van der Waals surface area contributed by atoms with Crippen molar-refractivity contribution in [2.24, 2.45) is 4.99 Å². The van der Waals surface area contributed by atoms with Crippen LogP contribution >= 0.6 is 0 Å². The van der Waals surface area contributed by atoms with E-state index in [-0.39, 0.29) is 35.2 Å². The molecule has 0 saturated carbocycles. The lowest BCUT2D eigenvalue weighted by molar-refractivity contribution is -0.137. The van der Waals surface area contributed by atoms with E-state index in [9.17, 15) is 27.2 Å². The summed E-state index contributed by atoms with van der Waals surface area (Å²) in [5.41, 5.74) is -0.524. The second kappa shape index (κ2) is 8.86. The van der Waals surface area contributed by atoms with Crippen LogP contribution in [-0.2, 0) is 15.8 Å². The summed E-state index contributed by atoms with van der Waals surface area (Å²) < 4.78 is 52.1. The Bertz CT molecular complexity index is 1110. The summed E-state index contributed by atoms with van der Waals surface area (Å²) in [6.45, 7) is 0. The molecule has 1 aliphatic rings. The highest BCUT2D eigenvalue weighted by molar-refractivity contribution is 6.51. The number of hydrogen-bond donors (Lipinski definition) is 2. The number of nitrogens with one attached hydrogen (secondary N) is 2. The minimum absolute atomic E-state index is 0.0477. The molecule has 2 N–H and O–H groups in total. The molecule has 0 bridgehead atoms. The summed E-state index contributed by atoms with van der Waals surface area (Å²) in [4.78, 5) is 35.5. The van der Waals surface area contributed by atoms with Crippen LogP contribution in [0.3, 0.4) is 0 Å². The number of anilines is 2. The molecular weight excluding hydrogens is 418 g/mol. The molecule has 160 valence electrons. The molecule has 3 rings (SSSR count). The van der Waals surface area contributed by atoms with E-state index in [0.717, 1.165) is 36.5 Å². The second-order valence-corrected chi connectivity index (χ2v) is 6.28. The Morgan fingerprint density at radius 1 is 1.23 bits per heavy atom. The third-order valence-electron chi connectivity index (χ3n) is 4.12. The number of carbonyl (C=O) groups is 2. The van der Waals surface area contributed by atoms with Crippen LogP contribution in [0.15, 0.2) is 59.3 Å². The first-order chi connectivity index (χ1) is 14.7. The van der Waals surface area contributed by atoms with Gasteiger partial charge in [0.15, 0.2) is 11.6 Å². The van der Waals surface area contributed by atoms with E-state index < -0.39 is 29.2 Å². The van der Waals surface area contributed by atoms with Crippen LogP contribution in [0.1, 0.15) is 12.0 Å². The van der Waals surface area contributed by atoms with Crippen LogP contribution in [0.4, 0.5) is 35.0 Å². The maximum Gasteiger partial charge on any atom is 0.416 e. The first kappa shape index (κ1) is 21.8. The Labute approximate surface area is 173 Å². The minimum atomic E-state index is -4.49. The average molecular weight is 433 g/mol. The van der Waals surface area contributed by atoms with Crippen LogP contribution in [0, 0.1) is 5.82 Å². The lowest BCUT2D eigenvalue weighted by atomic mass is 9.97. The van der Waals surface area contributed by atoms with Gasteiger partial charge in [0.25, 0.3) is 5.95 Å². The molecule has 0 unspecified atom stereocenters. The fourth-order valence-corrected chi connectivity index (χ4v) is 2.56. The normalized spacial score (nSPS) is 16.6. The number of amides is 1. The largest absolute Gasteiger partial charge is 0.416 e.